The lowest BCUT2D eigenvalue weighted by molar-refractivity contribution is -0.133. The monoisotopic (exact) mass is 312 g/mol. The molecule has 1 N–H and O–H groups in total. The molecular weight excluding hydrogens is 288 g/mol. The molecule has 1 saturated heterocycles. The minimum Gasteiger partial charge on any atom is -0.481 e. The van der Waals surface area contributed by atoms with Gasteiger partial charge >= 0.3 is 5.97 Å². The lowest BCUT2D eigenvalue weighted by atomic mass is 9.96. The molecule has 6 nitrogen and oxygen atoms in total. The molecule has 0 amide bonds. The van der Waals surface area contributed by atoms with Crippen molar-refractivity contribution in [2.45, 2.75) is 44.2 Å². The Morgan fingerprint density at radius 3 is 2.90 bits per heavy atom. The smallest absolute Gasteiger partial charge is 0.313 e. The van der Waals surface area contributed by atoms with Crippen molar-refractivity contribution in [1.82, 2.24) is 14.8 Å². The first-order valence-electron chi connectivity index (χ1n) is 7.60. The molecule has 1 atom stereocenters. The molecule has 1 aromatic rings. The van der Waals surface area contributed by atoms with Gasteiger partial charge in [0.1, 0.15) is 0 Å². The van der Waals surface area contributed by atoms with E-state index in [0.717, 1.165) is 25.0 Å². The second kappa shape index (κ2) is 7.68. The molecule has 0 bridgehead atoms. The van der Waals surface area contributed by atoms with Gasteiger partial charge in [-0.2, -0.15) is 0 Å². The molecular formula is C14H24N4O2S. The summed E-state index contributed by atoms with van der Waals surface area (Å²) < 4.78 is 1.91. The van der Waals surface area contributed by atoms with E-state index in [9.17, 15) is 4.79 Å². The number of nitrogens with zero attached hydrogens (tertiary/aromatic N) is 4. The van der Waals surface area contributed by atoms with Gasteiger partial charge in [0.05, 0.1) is 5.75 Å². The van der Waals surface area contributed by atoms with Crippen LogP contribution < -0.4 is 4.90 Å². The van der Waals surface area contributed by atoms with Crippen molar-refractivity contribution in [2.24, 2.45) is 13.0 Å². The summed E-state index contributed by atoms with van der Waals surface area (Å²) in [6.45, 7) is 4.27. The maximum absolute atomic E-state index is 10.6. The van der Waals surface area contributed by atoms with Crippen molar-refractivity contribution in [2.75, 3.05) is 23.7 Å². The number of thioether (sulfide) groups is 1. The van der Waals surface area contributed by atoms with Crippen LogP contribution in [-0.2, 0) is 11.8 Å². The van der Waals surface area contributed by atoms with Crippen LogP contribution in [0.5, 0.6) is 0 Å². The summed E-state index contributed by atoms with van der Waals surface area (Å²) in [4.78, 5) is 12.9. The van der Waals surface area contributed by atoms with Crippen LogP contribution in [0.4, 0.5) is 5.95 Å². The third kappa shape index (κ3) is 4.36. The molecule has 0 aliphatic carbocycles. The Labute approximate surface area is 129 Å². The van der Waals surface area contributed by atoms with Gasteiger partial charge in [0.25, 0.3) is 0 Å². The number of anilines is 1. The van der Waals surface area contributed by atoms with E-state index in [-0.39, 0.29) is 5.75 Å². The quantitative estimate of drug-likeness (QED) is 0.813. The van der Waals surface area contributed by atoms with Gasteiger partial charge in [0.15, 0.2) is 5.16 Å². The Balaban J connectivity index is 1.99. The molecule has 0 saturated carbocycles. The highest BCUT2D eigenvalue weighted by Gasteiger charge is 2.21. The van der Waals surface area contributed by atoms with Gasteiger partial charge in [-0.15, -0.1) is 10.2 Å². The average molecular weight is 312 g/mol. The van der Waals surface area contributed by atoms with E-state index in [0.29, 0.717) is 5.16 Å². The number of hydrogen-bond acceptors (Lipinski definition) is 5. The van der Waals surface area contributed by atoms with E-state index in [1.165, 1.54) is 43.9 Å². The van der Waals surface area contributed by atoms with Gasteiger partial charge in [-0.3, -0.25) is 9.36 Å². The van der Waals surface area contributed by atoms with Crippen LogP contribution in [0.25, 0.3) is 0 Å². The molecule has 0 spiro atoms. The zero-order valence-corrected chi connectivity index (χ0v) is 13.6. The Bertz CT molecular complexity index is 478. The van der Waals surface area contributed by atoms with Crippen molar-refractivity contribution in [1.29, 1.82) is 0 Å². The maximum atomic E-state index is 10.6. The Hall–Kier alpha value is -1.24. The van der Waals surface area contributed by atoms with Crippen molar-refractivity contribution in [3.63, 3.8) is 0 Å². The van der Waals surface area contributed by atoms with Crippen LogP contribution >= 0.6 is 11.8 Å². The van der Waals surface area contributed by atoms with Gasteiger partial charge in [-0.05, 0) is 25.2 Å². The minimum atomic E-state index is -0.832. The first-order chi connectivity index (χ1) is 10.1. The molecule has 1 unspecified atom stereocenters. The lowest BCUT2D eigenvalue weighted by Crippen LogP contribution is -2.27. The van der Waals surface area contributed by atoms with E-state index in [2.05, 4.69) is 22.0 Å². The van der Waals surface area contributed by atoms with Crippen LogP contribution in [0.15, 0.2) is 5.16 Å². The number of aromatic nitrogens is 3. The highest BCUT2D eigenvalue weighted by molar-refractivity contribution is 7.99. The fourth-order valence-corrected chi connectivity index (χ4v) is 3.52. The number of aliphatic carboxylic acids is 1. The van der Waals surface area contributed by atoms with Crippen LogP contribution in [0.1, 0.15) is 39.0 Å². The second-order valence-electron chi connectivity index (χ2n) is 5.60. The molecule has 1 aromatic heterocycles. The molecule has 0 radical (unpaired) electrons. The number of carbonyl (C=O) groups is 1. The van der Waals surface area contributed by atoms with Gasteiger partial charge in [0.2, 0.25) is 5.95 Å². The van der Waals surface area contributed by atoms with Crippen LogP contribution in [0.3, 0.4) is 0 Å². The molecule has 118 valence electrons. The van der Waals surface area contributed by atoms with Crippen molar-refractivity contribution in [3.8, 4) is 0 Å². The summed E-state index contributed by atoms with van der Waals surface area (Å²) in [5.74, 6) is 0.876. The van der Waals surface area contributed by atoms with E-state index in [1.807, 2.05) is 11.6 Å². The maximum Gasteiger partial charge on any atom is 0.313 e. The first kappa shape index (κ1) is 16.1. The third-order valence-electron chi connectivity index (χ3n) is 3.96. The predicted molar refractivity (Wildman–Crippen MR) is 83.8 cm³/mol. The summed E-state index contributed by atoms with van der Waals surface area (Å²) >= 11 is 1.22. The van der Waals surface area contributed by atoms with E-state index >= 15 is 0 Å². The number of carboxylic acids is 1. The summed E-state index contributed by atoms with van der Waals surface area (Å²) in [6.07, 6.45) is 6.26. The van der Waals surface area contributed by atoms with Crippen LogP contribution in [0, 0.1) is 5.92 Å². The van der Waals surface area contributed by atoms with E-state index in [1.54, 1.807) is 0 Å². The van der Waals surface area contributed by atoms with Crippen molar-refractivity contribution in [3.05, 3.63) is 0 Å². The Kier molecular flexibility index (Phi) is 5.90. The summed E-state index contributed by atoms with van der Waals surface area (Å²) in [5.41, 5.74) is 0. The van der Waals surface area contributed by atoms with Crippen molar-refractivity contribution < 1.29 is 9.90 Å². The van der Waals surface area contributed by atoms with Gasteiger partial charge in [-0.1, -0.05) is 31.5 Å². The molecule has 2 rings (SSSR count). The highest BCUT2D eigenvalue weighted by atomic mass is 32.2. The van der Waals surface area contributed by atoms with Crippen LogP contribution in [0.2, 0.25) is 0 Å². The number of carboxylic acid groups (broad SMARTS) is 1. The molecule has 21 heavy (non-hydrogen) atoms. The lowest BCUT2D eigenvalue weighted by Gasteiger charge is -2.21. The Morgan fingerprint density at radius 2 is 2.19 bits per heavy atom. The minimum absolute atomic E-state index is 0.0184. The van der Waals surface area contributed by atoms with E-state index in [4.69, 9.17) is 5.11 Å². The third-order valence-corrected chi connectivity index (χ3v) is 4.97. The largest absolute Gasteiger partial charge is 0.481 e. The SMILES string of the molecule is CCCC1CCCN(c2nnc(SCC(=O)O)n2C)CC1. The average Bonchev–Trinajstić information content (AvgIpc) is 2.66. The zero-order chi connectivity index (χ0) is 15.2. The summed E-state index contributed by atoms with van der Waals surface area (Å²) in [5, 5.41) is 17.8. The van der Waals surface area contributed by atoms with E-state index < -0.39 is 5.97 Å². The number of hydrogen-bond donors (Lipinski definition) is 1. The molecule has 1 fully saturated rings. The zero-order valence-electron chi connectivity index (χ0n) is 12.8. The number of rotatable bonds is 6. The molecule has 1 aliphatic rings. The topological polar surface area (TPSA) is 71.2 Å². The standard InChI is InChI=1S/C14H24N4O2S/c1-3-5-11-6-4-8-18(9-7-11)13-15-16-14(17(13)2)21-10-12(19)20/h11H,3-10H2,1-2H3,(H,19,20). The fourth-order valence-electron chi connectivity index (χ4n) is 2.90. The fraction of sp³-hybridized carbons (Fsp3) is 0.786. The van der Waals surface area contributed by atoms with Crippen molar-refractivity contribution >= 4 is 23.7 Å². The summed E-state index contributed by atoms with van der Waals surface area (Å²) in [6, 6.07) is 0. The molecule has 2 heterocycles. The predicted octanol–water partition coefficient (Wildman–Crippen LogP) is 2.40. The summed E-state index contributed by atoms with van der Waals surface area (Å²) in [7, 11) is 1.91. The molecule has 0 aromatic carbocycles. The molecule has 7 heteroatoms. The van der Waals surface area contributed by atoms with Gasteiger partial charge in [-0.25, -0.2) is 0 Å². The normalized spacial score (nSPS) is 19.5. The Morgan fingerprint density at radius 1 is 1.38 bits per heavy atom. The highest BCUT2D eigenvalue weighted by Crippen LogP contribution is 2.26. The second-order valence-corrected chi connectivity index (χ2v) is 6.54. The van der Waals surface area contributed by atoms with Gasteiger partial charge in [0, 0.05) is 20.1 Å². The first-order valence-corrected chi connectivity index (χ1v) is 8.59. The van der Waals surface area contributed by atoms with Gasteiger partial charge < -0.3 is 10.0 Å². The van der Waals surface area contributed by atoms with Crippen LogP contribution in [-0.4, -0.2) is 44.7 Å². The molecule has 1 aliphatic heterocycles.